The summed E-state index contributed by atoms with van der Waals surface area (Å²) in [5.74, 6) is 0. The van der Waals surface area contributed by atoms with Gasteiger partial charge in [-0.15, -0.1) is 0 Å². The predicted molar refractivity (Wildman–Crippen MR) is 42.3 cm³/mol. The number of alkyl halides is 2. The lowest BCUT2D eigenvalue weighted by atomic mass is 10.5. The average molecular weight is 180 g/mol. The van der Waals surface area contributed by atoms with Crippen LogP contribution in [0, 0.1) is 0 Å². The molecule has 0 aliphatic carbocycles. The van der Waals surface area contributed by atoms with Crippen LogP contribution in [0.15, 0.2) is 0 Å². The summed E-state index contributed by atoms with van der Waals surface area (Å²) in [6, 6.07) is -0.447. The van der Waals surface area contributed by atoms with Gasteiger partial charge in [0.1, 0.15) is 0 Å². The van der Waals surface area contributed by atoms with Gasteiger partial charge in [0, 0.05) is 13.6 Å². The van der Waals surface area contributed by atoms with E-state index in [1.54, 1.807) is 0 Å². The first-order chi connectivity index (χ1) is 5.57. The van der Waals surface area contributed by atoms with Gasteiger partial charge in [-0.1, -0.05) is 6.92 Å². The first kappa shape index (κ1) is 11.1. The molecule has 0 aromatic rings. The number of hydrogen-bond donors (Lipinski definition) is 1. The van der Waals surface area contributed by atoms with Crippen LogP contribution in [0.4, 0.5) is 13.6 Å². The number of carbonyl (C=O) groups is 1. The molecule has 0 heterocycles. The molecule has 0 atom stereocenters. The Bertz CT molecular complexity index is 141. The summed E-state index contributed by atoms with van der Waals surface area (Å²) in [6.07, 6.45) is -1.67. The van der Waals surface area contributed by atoms with Gasteiger partial charge >= 0.3 is 6.03 Å². The number of urea groups is 1. The van der Waals surface area contributed by atoms with Crippen LogP contribution in [0.25, 0.3) is 0 Å². The largest absolute Gasteiger partial charge is 0.338 e. The lowest BCUT2D eigenvalue weighted by Crippen LogP contribution is -2.39. The minimum absolute atomic E-state index is 0.447. The van der Waals surface area contributed by atoms with Crippen molar-refractivity contribution >= 4 is 6.03 Å². The normalized spacial score (nSPS) is 10.1. The van der Waals surface area contributed by atoms with Crippen LogP contribution in [0.5, 0.6) is 0 Å². The van der Waals surface area contributed by atoms with E-state index in [0.717, 1.165) is 11.3 Å². The topological polar surface area (TPSA) is 32.3 Å². The smallest absolute Gasteiger partial charge is 0.317 e. The molecule has 12 heavy (non-hydrogen) atoms. The Hall–Kier alpha value is -0.870. The van der Waals surface area contributed by atoms with E-state index in [0.29, 0.717) is 6.54 Å². The van der Waals surface area contributed by atoms with Crippen molar-refractivity contribution in [3.05, 3.63) is 0 Å². The van der Waals surface area contributed by atoms with Crippen molar-refractivity contribution in [1.29, 1.82) is 0 Å². The van der Waals surface area contributed by atoms with Gasteiger partial charge in [0.15, 0.2) is 0 Å². The minimum Gasteiger partial charge on any atom is -0.338 e. The number of nitrogens with zero attached hydrogens (tertiary/aromatic N) is 1. The Kier molecular flexibility index (Phi) is 5.32. The summed E-state index contributed by atoms with van der Waals surface area (Å²) in [5, 5.41) is 2.49. The van der Waals surface area contributed by atoms with Crippen molar-refractivity contribution in [3.63, 3.8) is 0 Å². The number of amides is 2. The van der Waals surface area contributed by atoms with Gasteiger partial charge < -0.3 is 10.2 Å². The lowest BCUT2D eigenvalue weighted by molar-refractivity contribution is 0.108. The van der Waals surface area contributed by atoms with Gasteiger partial charge in [-0.25, -0.2) is 13.6 Å². The molecule has 0 aromatic heterocycles. The molecule has 1 N–H and O–H groups in total. The summed E-state index contributed by atoms with van der Waals surface area (Å²) in [5.41, 5.74) is 0. The molecule has 0 saturated carbocycles. The van der Waals surface area contributed by atoms with Crippen molar-refractivity contribution in [1.82, 2.24) is 10.2 Å². The number of rotatable bonds is 4. The molecule has 0 aliphatic heterocycles. The fourth-order valence-corrected chi connectivity index (χ4v) is 0.657. The van der Waals surface area contributed by atoms with Crippen molar-refractivity contribution in [2.45, 2.75) is 19.8 Å². The Morgan fingerprint density at radius 2 is 2.17 bits per heavy atom. The summed E-state index contributed by atoms with van der Waals surface area (Å²) >= 11 is 0. The lowest BCUT2D eigenvalue weighted by Gasteiger charge is -2.16. The zero-order valence-corrected chi connectivity index (χ0v) is 7.31. The van der Waals surface area contributed by atoms with E-state index in [-0.39, 0.29) is 0 Å². The molecule has 2 amide bonds. The van der Waals surface area contributed by atoms with Crippen LogP contribution in [0.3, 0.4) is 0 Å². The Morgan fingerprint density at radius 1 is 1.58 bits per heavy atom. The minimum atomic E-state index is -2.47. The highest BCUT2D eigenvalue weighted by Crippen LogP contribution is 1.95. The molecule has 0 aliphatic rings. The second-order valence-electron chi connectivity index (χ2n) is 2.50. The summed E-state index contributed by atoms with van der Waals surface area (Å²) in [7, 11) is 1.34. The highest BCUT2D eigenvalue weighted by atomic mass is 19.3. The van der Waals surface area contributed by atoms with E-state index in [9.17, 15) is 13.6 Å². The van der Waals surface area contributed by atoms with Gasteiger partial charge in [-0.05, 0) is 6.42 Å². The van der Waals surface area contributed by atoms with Gasteiger partial charge in [0.25, 0.3) is 6.43 Å². The summed E-state index contributed by atoms with van der Waals surface area (Å²) in [4.78, 5) is 11.9. The van der Waals surface area contributed by atoms with E-state index in [4.69, 9.17) is 0 Å². The third kappa shape index (κ3) is 4.87. The maximum absolute atomic E-state index is 11.7. The number of nitrogens with one attached hydrogen (secondary N) is 1. The fraction of sp³-hybridized carbons (Fsp3) is 0.857. The van der Waals surface area contributed by atoms with Crippen molar-refractivity contribution in [3.8, 4) is 0 Å². The highest BCUT2D eigenvalue weighted by molar-refractivity contribution is 5.73. The monoisotopic (exact) mass is 180 g/mol. The maximum atomic E-state index is 11.7. The molecule has 0 radical (unpaired) electrons. The molecule has 72 valence electrons. The Morgan fingerprint density at radius 3 is 2.58 bits per heavy atom. The van der Waals surface area contributed by atoms with Crippen molar-refractivity contribution in [2.24, 2.45) is 0 Å². The number of carbonyl (C=O) groups excluding carboxylic acids is 1. The summed E-state index contributed by atoms with van der Waals surface area (Å²) < 4.78 is 23.5. The predicted octanol–water partition coefficient (Wildman–Crippen LogP) is 1.30. The van der Waals surface area contributed by atoms with Gasteiger partial charge in [-0.3, -0.25) is 0 Å². The SMILES string of the molecule is CCCNC(=O)N(C)CC(F)F. The van der Waals surface area contributed by atoms with Crippen molar-refractivity contribution < 1.29 is 13.6 Å². The second-order valence-corrected chi connectivity index (χ2v) is 2.50. The van der Waals surface area contributed by atoms with E-state index in [2.05, 4.69) is 5.32 Å². The molecule has 0 aromatic carbocycles. The zero-order chi connectivity index (χ0) is 9.56. The van der Waals surface area contributed by atoms with E-state index in [1.165, 1.54) is 7.05 Å². The molecule has 0 fully saturated rings. The molecule has 0 rings (SSSR count). The van der Waals surface area contributed by atoms with E-state index in [1.807, 2.05) is 6.92 Å². The zero-order valence-electron chi connectivity index (χ0n) is 7.31. The molecule has 0 saturated heterocycles. The maximum Gasteiger partial charge on any atom is 0.317 e. The molecular weight excluding hydrogens is 166 g/mol. The Balaban J connectivity index is 3.61. The Labute approximate surface area is 70.7 Å². The van der Waals surface area contributed by atoms with Crippen LogP contribution < -0.4 is 5.32 Å². The second kappa shape index (κ2) is 5.74. The molecule has 0 bridgehead atoms. The third-order valence-electron chi connectivity index (χ3n) is 1.28. The van der Waals surface area contributed by atoms with Crippen LogP contribution in [0.1, 0.15) is 13.3 Å². The molecule has 0 spiro atoms. The van der Waals surface area contributed by atoms with Gasteiger partial charge in [-0.2, -0.15) is 0 Å². The van der Waals surface area contributed by atoms with Crippen LogP contribution in [-0.4, -0.2) is 37.5 Å². The van der Waals surface area contributed by atoms with E-state index < -0.39 is 19.0 Å². The highest BCUT2D eigenvalue weighted by Gasteiger charge is 2.12. The first-order valence-electron chi connectivity index (χ1n) is 3.85. The summed E-state index contributed by atoms with van der Waals surface area (Å²) in [6.45, 7) is 1.90. The standard InChI is InChI=1S/C7H14F2N2O/c1-3-4-10-7(12)11(2)5-6(8)9/h6H,3-5H2,1-2H3,(H,10,12). The molecule has 3 nitrogen and oxygen atoms in total. The van der Waals surface area contributed by atoms with Crippen molar-refractivity contribution in [2.75, 3.05) is 20.1 Å². The molecular formula is C7H14F2N2O. The first-order valence-corrected chi connectivity index (χ1v) is 3.85. The van der Waals surface area contributed by atoms with E-state index >= 15 is 0 Å². The molecule has 0 unspecified atom stereocenters. The quantitative estimate of drug-likeness (QED) is 0.695. The third-order valence-corrected chi connectivity index (χ3v) is 1.28. The number of hydrogen-bond acceptors (Lipinski definition) is 1. The average Bonchev–Trinajstić information content (AvgIpc) is 1.98. The van der Waals surface area contributed by atoms with Crippen LogP contribution in [-0.2, 0) is 0 Å². The molecule has 5 heteroatoms. The number of halogens is 2. The van der Waals surface area contributed by atoms with Crippen LogP contribution >= 0.6 is 0 Å². The van der Waals surface area contributed by atoms with Gasteiger partial charge in [0.05, 0.1) is 6.54 Å². The fourth-order valence-electron chi connectivity index (χ4n) is 0.657. The van der Waals surface area contributed by atoms with Crippen LogP contribution in [0.2, 0.25) is 0 Å². The van der Waals surface area contributed by atoms with Gasteiger partial charge in [0.2, 0.25) is 0 Å².